The number of carbonyl (C=O) groups excluding carboxylic acids is 1. The SMILES string of the molecule is Cc1cccc(N2CCN(C(=O)c3[nH]c4ccc(OC(C)C)cc4c3C)CC2)c1. The molecule has 152 valence electrons. The molecule has 2 aromatic carbocycles. The van der Waals surface area contributed by atoms with Crippen LogP contribution >= 0.6 is 0 Å². The maximum atomic E-state index is 13.2. The minimum atomic E-state index is 0.0777. The summed E-state index contributed by atoms with van der Waals surface area (Å²) < 4.78 is 5.81. The largest absolute Gasteiger partial charge is 0.491 e. The molecule has 1 aliphatic heterocycles. The van der Waals surface area contributed by atoms with E-state index in [0.717, 1.165) is 48.4 Å². The van der Waals surface area contributed by atoms with Gasteiger partial charge in [0.15, 0.2) is 0 Å². The van der Waals surface area contributed by atoms with Crippen LogP contribution in [0.1, 0.15) is 35.5 Å². The summed E-state index contributed by atoms with van der Waals surface area (Å²) in [7, 11) is 0. The van der Waals surface area contributed by atoms with Crippen LogP contribution in [0.3, 0.4) is 0 Å². The van der Waals surface area contributed by atoms with E-state index in [1.54, 1.807) is 0 Å². The number of H-pyrrole nitrogens is 1. The lowest BCUT2D eigenvalue weighted by molar-refractivity contribution is 0.0741. The van der Waals surface area contributed by atoms with Gasteiger partial charge in [-0.1, -0.05) is 12.1 Å². The van der Waals surface area contributed by atoms with Gasteiger partial charge in [0.1, 0.15) is 11.4 Å². The molecule has 2 heterocycles. The van der Waals surface area contributed by atoms with Crippen molar-refractivity contribution in [3.8, 4) is 5.75 Å². The molecule has 1 amide bonds. The smallest absolute Gasteiger partial charge is 0.270 e. The molecular weight excluding hydrogens is 362 g/mol. The van der Waals surface area contributed by atoms with Crippen LogP contribution in [0.4, 0.5) is 5.69 Å². The van der Waals surface area contributed by atoms with Crippen molar-refractivity contribution in [2.45, 2.75) is 33.8 Å². The molecule has 5 nitrogen and oxygen atoms in total. The Bertz CT molecular complexity index is 1030. The van der Waals surface area contributed by atoms with Crippen LogP contribution in [-0.4, -0.2) is 48.1 Å². The summed E-state index contributed by atoms with van der Waals surface area (Å²) in [5.41, 5.74) is 5.14. The highest BCUT2D eigenvalue weighted by atomic mass is 16.5. The lowest BCUT2D eigenvalue weighted by atomic mass is 10.1. The van der Waals surface area contributed by atoms with Crippen LogP contribution in [0.2, 0.25) is 0 Å². The van der Waals surface area contributed by atoms with Crippen LogP contribution in [0.25, 0.3) is 10.9 Å². The Hall–Kier alpha value is -2.95. The van der Waals surface area contributed by atoms with E-state index in [-0.39, 0.29) is 12.0 Å². The first-order valence-corrected chi connectivity index (χ1v) is 10.3. The number of carbonyl (C=O) groups is 1. The third kappa shape index (κ3) is 3.95. The molecule has 5 heteroatoms. The number of benzene rings is 2. The van der Waals surface area contributed by atoms with Crippen LogP contribution < -0.4 is 9.64 Å². The minimum Gasteiger partial charge on any atom is -0.491 e. The fourth-order valence-corrected chi connectivity index (χ4v) is 4.02. The molecule has 3 aromatic rings. The second kappa shape index (κ2) is 7.82. The number of rotatable bonds is 4. The Balaban J connectivity index is 1.50. The van der Waals surface area contributed by atoms with Gasteiger partial charge in [0, 0.05) is 42.8 Å². The highest BCUT2D eigenvalue weighted by molar-refractivity contribution is 6.01. The Morgan fingerprint density at radius 1 is 1.03 bits per heavy atom. The van der Waals surface area contributed by atoms with Gasteiger partial charge in [-0.2, -0.15) is 0 Å². The molecule has 0 atom stereocenters. The minimum absolute atomic E-state index is 0.0777. The number of ether oxygens (including phenoxy) is 1. The van der Waals surface area contributed by atoms with Gasteiger partial charge in [-0.25, -0.2) is 0 Å². The lowest BCUT2D eigenvalue weighted by Crippen LogP contribution is -2.49. The molecular formula is C24H29N3O2. The Kier molecular flexibility index (Phi) is 5.22. The molecule has 0 bridgehead atoms. The first-order chi connectivity index (χ1) is 13.9. The summed E-state index contributed by atoms with van der Waals surface area (Å²) in [4.78, 5) is 20.8. The van der Waals surface area contributed by atoms with Gasteiger partial charge in [-0.05, 0) is 69.2 Å². The van der Waals surface area contributed by atoms with E-state index in [9.17, 15) is 4.79 Å². The number of piperazine rings is 1. The first kappa shape index (κ1) is 19.4. The lowest BCUT2D eigenvalue weighted by Gasteiger charge is -2.36. The molecule has 4 rings (SSSR count). The topological polar surface area (TPSA) is 48.6 Å². The fraction of sp³-hybridized carbons (Fsp3) is 0.375. The third-order valence-corrected chi connectivity index (χ3v) is 5.55. The summed E-state index contributed by atoms with van der Waals surface area (Å²) in [6.45, 7) is 11.3. The van der Waals surface area contributed by atoms with E-state index in [1.165, 1.54) is 11.3 Å². The van der Waals surface area contributed by atoms with Crippen molar-refractivity contribution in [3.63, 3.8) is 0 Å². The molecule has 0 unspecified atom stereocenters. The number of amides is 1. The second-order valence-corrected chi connectivity index (χ2v) is 8.12. The Morgan fingerprint density at radius 2 is 1.79 bits per heavy atom. The highest BCUT2D eigenvalue weighted by Gasteiger charge is 2.25. The Labute approximate surface area is 172 Å². The number of nitrogens with zero attached hydrogens (tertiary/aromatic N) is 2. The molecule has 0 aliphatic carbocycles. The number of nitrogens with one attached hydrogen (secondary N) is 1. The number of aromatic nitrogens is 1. The van der Waals surface area contributed by atoms with Crippen molar-refractivity contribution in [1.29, 1.82) is 0 Å². The van der Waals surface area contributed by atoms with Crippen molar-refractivity contribution in [3.05, 3.63) is 59.3 Å². The number of aromatic amines is 1. The van der Waals surface area contributed by atoms with E-state index in [4.69, 9.17) is 4.74 Å². The first-order valence-electron chi connectivity index (χ1n) is 10.3. The summed E-state index contributed by atoms with van der Waals surface area (Å²) in [5.74, 6) is 0.911. The quantitative estimate of drug-likeness (QED) is 0.711. The number of aryl methyl sites for hydroxylation is 2. The second-order valence-electron chi connectivity index (χ2n) is 8.12. The van der Waals surface area contributed by atoms with Crippen molar-refractivity contribution >= 4 is 22.5 Å². The van der Waals surface area contributed by atoms with Gasteiger partial charge in [-0.3, -0.25) is 4.79 Å². The standard InChI is InChI=1S/C24H29N3O2/c1-16(2)29-20-8-9-22-21(15-20)18(4)23(25-22)24(28)27-12-10-26(11-13-27)19-7-5-6-17(3)14-19/h5-9,14-16,25H,10-13H2,1-4H3. The monoisotopic (exact) mass is 391 g/mol. The zero-order valence-corrected chi connectivity index (χ0v) is 17.7. The van der Waals surface area contributed by atoms with E-state index in [2.05, 4.69) is 41.1 Å². The van der Waals surface area contributed by atoms with Crippen molar-refractivity contribution < 1.29 is 9.53 Å². The van der Waals surface area contributed by atoms with E-state index >= 15 is 0 Å². The Morgan fingerprint density at radius 3 is 2.48 bits per heavy atom. The van der Waals surface area contributed by atoms with E-state index in [1.807, 2.05) is 43.9 Å². The third-order valence-electron chi connectivity index (χ3n) is 5.55. The van der Waals surface area contributed by atoms with Gasteiger partial charge in [0.2, 0.25) is 0 Å². The number of hydrogen-bond donors (Lipinski definition) is 1. The van der Waals surface area contributed by atoms with Crippen LogP contribution in [0.5, 0.6) is 5.75 Å². The van der Waals surface area contributed by atoms with Gasteiger partial charge >= 0.3 is 0 Å². The molecule has 0 spiro atoms. The summed E-state index contributed by atoms with van der Waals surface area (Å²) in [6.07, 6.45) is 0.123. The summed E-state index contributed by atoms with van der Waals surface area (Å²) >= 11 is 0. The zero-order chi connectivity index (χ0) is 20.5. The summed E-state index contributed by atoms with van der Waals surface area (Å²) in [6, 6.07) is 14.5. The average molecular weight is 392 g/mol. The molecule has 29 heavy (non-hydrogen) atoms. The molecule has 1 N–H and O–H groups in total. The highest BCUT2D eigenvalue weighted by Crippen LogP contribution is 2.28. The van der Waals surface area contributed by atoms with Crippen LogP contribution in [0.15, 0.2) is 42.5 Å². The van der Waals surface area contributed by atoms with E-state index in [0.29, 0.717) is 5.69 Å². The average Bonchev–Trinajstić information content (AvgIpc) is 3.03. The van der Waals surface area contributed by atoms with Crippen LogP contribution in [-0.2, 0) is 0 Å². The van der Waals surface area contributed by atoms with Gasteiger partial charge in [-0.15, -0.1) is 0 Å². The van der Waals surface area contributed by atoms with Crippen molar-refractivity contribution in [2.75, 3.05) is 31.1 Å². The van der Waals surface area contributed by atoms with E-state index < -0.39 is 0 Å². The van der Waals surface area contributed by atoms with Crippen LogP contribution in [0, 0.1) is 13.8 Å². The van der Waals surface area contributed by atoms with Gasteiger partial charge in [0.05, 0.1) is 6.10 Å². The zero-order valence-electron chi connectivity index (χ0n) is 17.7. The maximum absolute atomic E-state index is 13.2. The van der Waals surface area contributed by atoms with Crippen molar-refractivity contribution in [1.82, 2.24) is 9.88 Å². The number of fused-ring (bicyclic) bond motifs is 1. The molecule has 1 saturated heterocycles. The maximum Gasteiger partial charge on any atom is 0.270 e. The predicted molar refractivity (Wildman–Crippen MR) is 118 cm³/mol. The molecule has 1 aliphatic rings. The molecule has 1 fully saturated rings. The van der Waals surface area contributed by atoms with Gasteiger partial charge in [0.25, 0.3) is 5.91 Å². The predicted octanol–water partition coefficient (Wildman–Crippen LogP) is 4.53. The van der Waals surface area contributed by atoms with Gasteiger partial charge < -0.3 is 19.5 Å². The van der Waals surface area contributed by atoms with Crippen molar-refractivity contribution in [2.24, 2.45) is 0 Å². The number of hydrogen-bond acceptors (Lipinski definition) is 3. The number of anilines is 1. The molecule has 0 radical (unpaired) electrons. The molecule has 0 saturated carbocycles. The fourth-order valence-electron chi connectivity index (χ4n) is 4.02. The normalized spacial score (nSPS) is 14.7. The molecule has 1 aromatic heterocycles. The summed E-state index contributed by atoms with van der Waals surface area (Å²) in [5, 5.41) is 1.05.